The normalized spacial score (nSPS) is 30.2. The molecule has 2 aliphatic heterocycles. The second-order valence-corrected chi connectivity index (χ2v) is 7.82. The number of ether oxygens (including phenoxy) is 2. The van der Waals surface area contributed by atoms with Crippen LogP contribution in [-0.2, 0) is 16.0 Å². The Morgan fingerprint density at radius 2 is 2.41 bits per heavy atom. The lowest BCUT2D eigenvalue weighted by Gasteiger charge is -2.34. The fourth-order valence-electron chi connectivity index (χ4n) is 3.41. The highest BCUT2D eigenvalue weighted by Gasteiger charge is 2.43. The smallest absolute Gasteiger partial charge is 0.105 e. The highest BCUT2D eigenvalue weighted by atomic mass is 32.1. The second-order valence-electron chi connectivity index (χ2n) is 6.79. The number of nitrogens with zero attached hydrogens (tertiary/aromatic N) is 1. The van der Waals surface area contributed by atoms with Crippen molar-refractivity contribution in [3.63, 3.8) is 0 Å². The summed E-state index contributed by atoms with van der Waals surface area (Å²) < 4.78 is 12.3. The lowest BCUT2D eigenvalue weighted by molar-refractivity contribution is -0.0866. The fraction of sp³-hybridized carbons (Fsp3) is 0.765. The van der Waals surface area contributed by atoms with E-state index in [0.717, 1.165) is 52.2 Å². The molecule has 0 aliphatic carbocycles. The van der Waals surface area contributed by atoms with Crippen molar-refractivity contribution in [3.8, 4) is 0 Å². The number of nitrogens with one attached hydrogen (secondary N) is 1. The van der Waals surface area contributed by atoms with Crippen molar-refractivity contribution in [2.45, 2.75) is 51.0 Å². The van der Waals surface area contributed by atoms with Crippen LogP contribution in [0.5, 0.6) is 0 Å². The van der Waals surface area contributed by atoms with Crippen LogP contribution in [0.2, 0.25) is 0 Å². The van der Waals surface area contributed by atoms with Gasteiger partial charge in [0.25, 0.3) is 0 Å². The third-order valence-electron chi connectivity index (χ3n) is 4.70. The van der Waals surface area contributed by atoms with Gasteiger partial charge in [-0.15, -0.1) is 11.3 Å². The van der Waals surface area contributed by atoms with E-state index in [1.807, 2.05) is 0 Å². The van der Waals surface area contributed by atoms with Gasteiger partial charge in [0.15, 0.2) is 0 Å². The average Bonchev–Trinajstić information content (AvgIpc) is 3.07. The molecule has 124 valence electrons. The summed E-state index contributed by atoms with van der Waals surface area (Å²) in [5.74, 6) is 0. The van der Waals surface area contributed by atoms with Crippen LogP contribution in [0.4, 0.5) is 0 Å². The van der Waals surface area contributed by atoms with Crippen molar-refractivity contribution in [3.05, 3.63) is 22.4 Å². The zero-order valence-corrected chi connectivity index (χ0v) is 14.5. The molecule has 2 atom stereocenters. The Kier molecular flexibility index (Phi) is 5.52. The van der Waals surface area contributed by atoms with Gasteiger partial charge >= 0.3 is 0 Å². The number of hydrogen-bond acceptors (Lipinski definition) is 5. The first-order chi connectivity index (χ1) is 10.7. The van der Waals surface area contributed by atoms with Crippen molar-refractivity contribution in [2.75, 3.05) is 32.8 Å². The molecule has 2 aliphatic rings. The van der Waals surface area contributed by atoms with Crippen LogP contribution < -0.4 is 5.32 Å². The Balaban J connectivity index is 1.49. The molecule has 4 nitrogen and oxygen atoms in total. The lowest BCUT2D eigenvalue weighted by atomic mass is 9.99. The van der Waals surface area contributed by atoms with Gasteiger partial charge in [-0.25, -0.2) is 0 Å². The molecule has 0 saturated carbocycles. The van der Waals surface area contributed by atoms with Gasteiger partial charge in [-0.2, -0.15) is 0 Å². The number of hydrogen-bond donors (Lipinski definition) is 1. The van der Waals surface area contributed by atoms with E-state index >= 15 is 0 Å². The predicted octanol–water partition coefficient (Wildman–Crippen LogP) is 2.50. The Bertz CT molecular complexity index is 452. The lowest BCUT2D eigenvalue weighted by Crippen LogP contribution is -2.47. The molecule has 0 aromatic carbocycles. The predicted molar refractivity (Wildman–Crippen MR) is 90.4 cm³/mol. The molecule has 0 radical (unpaired) electrons. The summed E-state index contributed by atoms with van der Waals surface area (Å²) in [6, 6.07) is 4.83. The summed E-state index contributed by atoms with van der Waals surface area (Å²) in [6.07, 6.45) is 2.56. The van der Waals surface area contributed by atoms with Crippen molar-refractivity contribution >= 4 is 11.3 Å². The van der Waals surface area contributed by atoms with E-state index < -0.39 is 0 Å². The van der Waals surface area contributed by atoms with E-state index in [0.29, 0.717) is 12.1 Å². The summed E-state index contributed by atoms with van der Waals surface area (Å²) in [6.45, 7) is 9.99. The van der Waals surface area contributed by atoms with Crippen LogP contribution in [-0.4, -0.2) is 55.5 Å². The SMILES string of the molecule is CC(C)N1CCOC[C@]2(CC[C@@H](CNCc3cccs3)O2)C1. The molecule has 1 spiro atoms. The average molecular weight is 324 g/mol. The molecule has 2 fully saturated rings. The van der Waals surface area contributed by atoms with E-state index in [2.05, 4.69) is 41.6 Å². The largest absolute Gasteiger partial charge is 0.377 e. The van der Waals surface area contributed by atoms with E-state index in [9.17, 15) is 0 Å². The van der Waals surface area contributed by atoms with E-state index in [4.69, 9.17) is 9.47 Å². The monoisotopic (exact) mass is 324 g/mol. The molecular weight excluding hydrogens is 296 g/mol. The quantitative estimate of drug-likeness (QED) is 0.902. The summed E-state index contributed by atoms with van der Waals surface area (Å²) >= 11 is 1.80. The number of thiophene rings is 1. The van der Waals surface area contributed by atoms with E-state index in [1.165, 1.54) is 4.88 Å². The molecule has 3 rings (SSSR count). The topological polar surface area (TPSA) is 33.7 Å². The first kappa shape index (κ1) is 16.4. The third kappa shape index (κ3) is 4.09. The molecule has 3 heterocycles. The van der Waals surface area contributed by atoms with Crippen LogP contribution in [0, 0.1) is 0 Å². The molecule has 1 aromatic heterocycles. The van der Waals surface area contributed by atoms with Gasteiger partial charge in [0.05, 0.1) is 19.3 Å². The van der Waals surface area contributed by atoms with Gasteiger partial charge in [-0.1, -0.05) is 6.07 Å². The van der Waals surface area contributed by atoms with E-state index in [1.54, 1.807) is 11.3 Å². The molecular formula is C17H28N2O2S. The van der Waals surface area contributed by atoms with Crippen molar-refractivity contribution < 1.29 is 9.47 Å². The molecule has 0 bridgehead atoms. The van der Waals surface area contributed by atoms with Crippen LogP contribution in [0.15, 0.2) is 17.5 Å². The molecule has 22 heavy (non-hydrogen) atoms. The first-order valence-corrected chi connectivity index (χ1v) is 9.28. The summed E-state index contributed by atoms with van der Waals surface area (Å²) in [4.78, 5) is 3.88. The van der Waals surface area contributed by atoms with Crippen molar-refractivity contribution in [2.24, 2.45) is 0 Å². The minimum absolute atomic E-state index is 0.0873. The molecule has 0 amide bonds. The minimum Gasteiger partial charge on any atom is -0.377 e. The third-order valence-corrected chi connectivity index (χ3v) is 5.58. The molecule has 0 unspecified atom stereocenters. The summed E-state index contributed by atoms with van der Waals surface area (Å²) in [7, 11) is 0. The number of rotatable bonds is 5. The Morgan fingerprint density at radius 3 is 3.18 bits per heavy atom. The Labute approximate surface area is 137 Å². The Morgan fingerprint density at radius 1 is 1.50 bits per heavy atom. The van der Waals surface area contributed by atoms with Gasteiger partial charge in [0.1, 0.15) is 5.60 Å². The molecule has 2 saturated heterocycles. The van der Waals surface area contributed by atoms with Gasteiger partial charge in [-0.3, -0.25) is 4.90 Å². The van der Waals surface area contributed by atoms with Crippen molar-refractivity contribution in [1.82, 2.24) is 10.2 Å². The molecule has 1 aromatic rings. The van der Waals surface area contributed by atoms with Gasteiger partial charge in [0.2, 0.25) is 0 Å². The van der Waals surface area contributed by atoms with Crippen LogP contribution in [0.25, 0.3) is 0 Å². The maximum atomic E-state index is 6.44. The molecule has 5 heteroatoms. The van der Waals surface area contributed by atoms with Crippen molar-refractivity contribution in [1.29, 1.82) is 0 Å². The Hall–Kier alpha value is -0.460. The van der Waals surface area contributed by atoms with Crippen LogP contribution >= 0.6 is 11.3 Å². The highest BCUT2D eigenvalue weighted by Crippen LogP contribution is 2.33. The van der Waals surface area contributed by atoms with Gasteiger partial charge in [-0.05, 0) is 38.1 Å². The van der Waals surface area contributed by atoms with E-state index in [-0.39, 0.29) is 5.60 Å². The van der Waals surface area contributed by atoms with Gasteiger partial charge < -0.3 is 14.8 Å². The minimum atomic E-state index is -0.0873. The summed E-state index contributed by atoms with van der Waals surface area (Å²) in [5.41, 5.74) is -0.0873. The maximum absolute atomic E-state index is 6.44. The summed E-state index contributed by atoms with van der Waals surface area (Å²) in [5, 5.41) is 5.66. The zero-order chi connectivity index (χ0) is 15.4. The molecule has 1 N–H and O–H groups in total. The highest BCUT2D eigenvalue weighted by molar-refractivity contribution is 7.09. The van der Waals surface area contributed by atoms with Gasteiger partial charge in [0, 0.05) is 37.1 Å². The van der Waals surface area contributed by atoms with Crippen LogP contribution in [0.1, 0.15) is 31.6 Å². The zero-order valence-electron chi connectivity index (χ0n) is 13.7. The fourth-order valence-corrected chi connectivity index (χ4v) is 4.08. The first-order valence-electron chi connectivity index (χ1n) is 8.40. The maximum Gasteiger partial charge on any atom is 0.105 e. The second kappa shape index (κ2) is 7.41. The standard InChI is InChI=1S/C17H28N2O2S/c1-14(2)19-7-8-20-13-17(12-19)6-5-15(21-17)10-18-11-16-4-3-9-22-16/h3-4,9,14-15,18H,5-8,10-13H2,1-2H3/t15-,17-/m0/s1. The van der Waals surface area contributed by atoms with Crippen LogP contribution in [0.3, 0.4) is 0 Å².